The molecule has 0 N–H and O–H groups in total. The number of carbonyl (C=O) groups is 1. The van der Waals surface area contributed by atoms with Gasteiger partial charge in [0.15, 0.2) is 0 Å². The van der Waals surface area contributed by atoms with Crippen molar-refractivity contribution >= 4 is 5.78 Å². The van der Waals surface area contributed by atoms with Crippen LogP contribution in [0.4, 0.5) is 0 Å². The maximum Gasteiger partial charge on any atom is 0.234 e. The quantitative estimate of drug-likeness (QED) is 0.826. The molecule has 0 saturated carbocycles. The number of carbonyl (C=O) groups excluding carboxylic acids is 1. The first-order valence-electron chi connectivity index (χ1n) is 6.13. The maximum atomic E-state index is 11.0. The number of hydrogen-bond donors (Lipinski definition) is 0. The van der Waals surface area contributed by atoms with E-state index in [1.165, 1.54) is 6.92 Å². The number of aromatic nitrogens is 2. The van der Waals surface area contributed by atoms with E-state index in [4.69, 9.17) is 9.26 Å². The van der Waals surface area contributed by atoms with Crippen LogP contribution in [-0.4, -0.2) is 22.0 Å². The summed E-state index contributed by atoms with van der Waals surface area (Å²) in [6.07, 6.45) is 0.305. The number of nitrogens with zero attached hydrogens (tertiary/aromatic N) is 2. The van der Waals surface area contributed by atoms with Gasteiger partial charge in [-0.1, -0.05) is 5.16 Å². The molecule has 19 heavy (non-hydrogen) atoms. The van der Waals surface area contributed by atoms with Crippen molar-refractivity contribution in [1.82, 2.24) is 10.1 Å². The second-order valence-corrected chi connectivity index (χ2v) is 4.58. The molecule has 1 aromatic carbocycles. The molecule has 0 bridgehead atoms. The monoisotopic (exact) mass is 260 g/mol. The van der Waals surface area contributed by atoms with Gasteiger partial charge in [0.2, 0.25) is 11.7 Å². The number of Topliss-reactive ketones (excluding diaryl/α,β-unsaturated/α-hetero) is 1. The molecule has 2 rings (SSSR count). The van der Waals surface area contributed by atoms with E-state index in [9.17, 15) is 4.79 Å². The van der Waals surface area contributed by atoms with E-state index in [1.807, 2.05) is 38.1 Å². The van der Waals surface area contributed by atoms with Crippen LogP contribution in [0.15, 0.2) is 28.8 Å². The molecule has 0 atom stereocenters. The predicted octanol–water partition coefficient (Wildman–Crippen LogP) is 2.66. The molecule has 0 fully saturated rings. The van der Waals surface area contributed by atoms with Gasteiger partial charge >= 0.3 is 0 Å². The van der Waals surface area contributed by atoms with Gasteiger partial charge in [0, 0.05) is 5.56 Å². The molecular formula is C14H16N2O3. The molecule has 0 radical (unpaired) electrons. The van der Waals surface area contributed by atoms with Gasteiger partial charge in [-0.15, -0.1) is 0 Å². The number of rotatable bonds is 5. The lowest BCUT2D eigenvalue weighted by atomic mass is 10.2. The lowest BCUT2D eigenvalue weighted by Crippen LogP contribution is -2.05. The fraction of sp³-hybridized carbons (Fsp3) is 0.357. The lowest BCUT2D eigenvalue weighted by Gasteiger charge is -2.09. The van der Waals surface area contributed by atoms with Crippen LogP contribution >= 0.6 is 0 Å². The Labute approximate surface area is 111 Å². The minimum atomic E-state index is -0.00381. The molecule has 5 heteroatoms. The van der Waals surface area contributed by atoms with E-state index >= 15 is 0 Å². The van der Waals surface area contributed by atoms with Crippen LogP contribution in [0.3, 0.4) is 0 Å². The van der Waals surface area contributed by atoms with Crippen LogP contribution in [-0.2, 0) is 11.2 Å². The number of ether oxygens (including phenoxy) is 1. The summed E-state index contributed by atoms with van der Waals surface area (Å²) < 4.78 is 10.6. The Morgan fingerprint density at radius 1 is 1.32 bits per heavy atom. The standard InChI is InChI=1S/C14H16N2O3/c1-9(2)18-12-6-4-11(5-7-12)14-15-13(19-16-14)8-10(3)17/h4-7,9H,8H2,1-3H3. The Morgan fingerprint density at radius 2 is 2.00 bits per heavy atom. The SMILES string of the molecule is CC(=O)Cc1nc(-c2ccc(OC(C)C)cc2)no1. The Morgan fingerprint density at radius 3 is 2.58 bits per heavy atom. The lowest BCUT2D eigenvalue weighted by molar-refractivity contribution is -0.116. The molecule has 5 nitrogen and oxygen atoms in total. The van der Waals surface area contributed by atoms with Crippen LogP contribution in [0.1, 0.15) is 26.7 Å². The van der Waals surface area contributed by atoms with Crippen LogP contribution in [0.5, 0.6) is 5.75 Å². The van der Waals surface area contributed by atoms with Crippen molar-refractivity contribution in [3.05, 3.63) is 30.2 Å². The first kappa shape index (κ1) is 13.3. The highest BCUT2D eigenvalue weighted by atomic mass is 16.5. The van der Waals surface area contributed by atoms with E-state index < -0.39 is 0 Å². The summed E-state index contributed by atoms with van der Waals surface area (Å²) in [5, 5.41) is 3.85. The fourth-order valence-corrected chi connectivity index (χ4v) is 1.61. The normalized spacial score (nSPS) is 10.7. The number of hydrogen-bond acceptors (Lipinski definition) is 5. The molecule has 0 amide bonds. The highest BCUT2D eigenvalue weighted by Crippen LogP contribution is 2.20. The van der Waals surface area contributed by atoms with Crippen molar-refractivity contribution in [3.8, 4) is 17.1 Å². The third-order valence-electron chi connectivity index (χ3n) is 2.35. The van der Waals surface area contributed by atoms with Crippen molar-refractivity contribution in [2.24, 2.45) is 0 Å². The molecule has 0 aliphatic heterocycles. The van der Waals surface area contributed by atoms with Crippen LogP contribution in [0.2, 0.25) is 0 Å². The van der Waals surface area contributed by atoms with Gasteiger partial charge < -0.3 is 9.26 Å². The van der Waals surface area contributed by atoms with Crippen molar-refractivity contribution < 1.29 is 14.1 Å². The van der Waals surface area contributed by atoms with Crippen molar-refractivity contribution in [2.75, 3.05) is 0 Å². The van der Waals surface area contributed by atoms with Crippen LogP contribution in [0.25, 0.3) is 11.4 Å². The molecule has 0 spiro atoms. The van der Waals surface area contributed by atoms with Crippen LogP contribution in [0, 0.1) is 0 Å². The molecule has 1 aromatic heterocycles. The molecule has 0 unspecified atom stereocenters. The van der Waals surface area contributed by atoms with Gasteiger partial charge in [-0.2, -0.15) is 4.98 Å². The first-order chi connectivity index (χ1) is 9.04. The fourth-order valence-electron chi connectivity index (χ4n) is 1.61. The molecular weight excluding hydrogens is 244 g/mol. The largest absolute Gasteiger partial charge is 0.491 e. The molecule has 100 valence electrons. The van der Waals surface area contributed by atoms with Gasteiger partial charge in [-0.05, 0) is 45.0 Å². The van der Waals surface area contributed by atoms with E-state index in [2.05, 4.69) is 10.1 Å². The second-order valence-electron chi connectivity index (χ2n) is 4.58. The Balaban J connectivity index is 2.13. The summed E-state index contributed by atoms with van der Waals surface area (Å²) in [6, 6.07) is 7.44. The molecule has 0 aliphatic rings. The number of ketones is 1. The number of benzene rings is 1. The summed E-state index contributed by atoms with van der Waals surface area (Å²) in [4.78, 5) is 15.1. The predicted molar refractivity (Wildman–Crippen MR) is 69.9 cm³/mol. The Hall–Kier alpha value is -2.17. The molecule has 0 saturated heterocycles. The summed E-state index contributed by atoms with van der Waals surface area (Å²) in [7, 11) is 0. The smallest absolute Gasteiger partial charge is 0.234 e. The zero-order chi connectivity index (χ0) is 13.8. The van der Waals surface area contributed by atoms with Crippen molar-refractivity contribution in [1.29, 1.82) is 0 Å². The zero-order valence-corrected chi connectivity index (χ0v) is 11.2. The Kier molecular flexibility index (Phi) is 3.94. The highest BCUT2D eigenvalue weighted by molar-refractivity contribution is 5.77. The highest BCUT2D eigenvalue weighted by Gasteiger charge is 2.10. The Bertz CT molecular complexity index is 558. The summed E-state index contributed by atoms with van der Waals surface area (Å²) >= 11 is 0. The van der Waals surface area contributed by atoms with Gasteiger partial charge in [0.1, 0.15) is 11.5 Å². The van der Waals surface area contributed by atoms with Gasteiger partial charge in [-0.25, -0.2) is 0 Å². The van der Waals surface area contributed by atoms with Gasteiger partial charge in [0.05, 0.1) is 12.5 Å². The van der Waals surface area contributed by atoms with Gasteiger partial charge in [0.25, 0.3) is 0 Å². The summed E-state index contributed by atoms with van der Waals surface area (Å²) in [5.41, 5.74) is 0.828. The average Bonchev–Trinajstić information content (AvgIpc) is 2.76. The minimum Gasteiger partial charge on any atom is -0.491 e. The van der Waals surface area contributed by atoms with E-state index in [1.54, 1.807) is 0 Å². The molecule has 0 aliphatic carbocycles. The van der Waals surface area contributed by atoms with E-state index in [0.29, 0.717) is 11.7 Å². The van der Waals surface area contributed by atoms with E-state index in [0.717, 1.165) is 11.3 Å². The third-order valence-corrected chi connectivity index (χ3v) is 2.35. The van der Waals surface area contributed by atoms with Gasteiger partial charge in [-0.3, -0.25) is 4.79 Å². The van der Waals surface area contributed by atoms with Crippen molar-refractivity contribution in [2.45, 2.75) is 33.3 Å². The van der Waals surface area contributed by atoms with E-state index in [-0.39, 0.29) is 18.3 Å². The second kappa shape index (κ2) is 5.65. The maximum absolute atomic E-state index is 11.0. The molecule has 1 heterocycles. The zero-order valence-electron chi connectivity index (χ0n) is 11.2. The molecule has 2 aromatic rings. The first-order valence-corrected chi connectivity index (χ1v) is 6.13. The third kappa shape index (κ3) is 3.64. The summed E-state index contributed by atoms with van der Waals surface area (Å²) in [6.45, 7) is 5.43. The van der Waals surface area contributed by atoms with Crippen molar-refractivity contribution in [3.63, 3.8) is 0 Å². The van der Waals surface area contributed by atoms with Crippen LogP contribution < -0.4 is 4.74 Å². The summed E-state index contributed by atoms with van der Waals surface area (Å²) in [5.74, 6) is 1.61. The minimum absolute atomic E-state index is 0.00381. The topological polar surface area (TPSA) is 65.2 Å². The average molecular weight is 260 g/mol.